The molecule has 0 unspecified atom stereocenters. The van der Waals surface area contributed by atoms with Crippen molar-refractivity contribution in [1.82, 2.24) is 14.3 Å². The molecule has 1 amide bonds. The maximum atomic E-state index is 14.9. The Bertz CT molecular complexity index is 1270. The molecule has 0 aliphatic carbocycles. The minimum Gasteiger partial charge on any atom is -0.378 e. The van der Waals surface area contributed by atoms with E-state index in [1.807, 2.05) is 22.9 Å². The van der Waals surface area contributed by atoms with Gasteiger partial charge in [0.15, 0.2) is 5.65 Å². The van der Waals surface area contributed by atoms with Gasteiger partial charge in [-0.25, -0.2) is 9.37 Å². The van der Waals surface area contributed by atoms with Gasteiger partial charge in [-0.1, -0.05) is 0 Å². The number of ether oxygens (including phenoxy) is 1. The predicted octanol–water partition coefficient (Wildman–Crippen LogP) is 4.11. The maximum absolute atomic E-state index is 14.9. The first-order valence-corrected chi connectivity index (χ1v) is 11.9. The van der Waals surface area contributed by atoms with Crippen molar-refractivity contribution in [3.63, 3.8) is 0 Å². The molecule has 2 aliphatic heterocycles. The lowest BCUT2D eigenvalue weighted by Gasteiger charge is -2.29. The second-order valence-corrected chi connectivity index (χ2v) is 9.34. The molecule has 1 atom stereocenters. The second kappa shape index (κ2) is 9.70. The number of nitrogens with one attached hydrogen (secondary N) is 1. The van der Waals surface area contributed by atoms with Crippen molar-refractivity contribution < 1.29 is 27.1 Å². The van der Waals surface area contributed by atoms with Crippen molar-refractivity contribution in [3.05, 3.63) is 48.2 Å². The highest BCUT2D eigenvalue weighted by Crippen LogP contribution is 2.34. The number of hydrogen-bond acceptors (Lipinski definition) is 5. The summed E-state index contributed by atoms with van der Waals surface area (Å²) >= 11 is 0. The first kappa shape index (κ1) is 24.5. The van der Waals surface area contributed by atoms with Gasteiger partial charge in [0.2, 0.25) is 5.91 Å². The van der Waals surface area contributed by atoms with Gasteiger partial charge in [0, 0.05) is 43.8 Å². The molecule has 0 radical (unpaired) electrons. The molecule has 2 saturated heterocycles. The monoisotopic (exact) mass is 505 g/mol. The Balaban J connectivity index is 1.41. The van der Waals surface area contributed by atoms with Gasteiger partial charge in [0.25, 0.3) is 0 Å². The molecule has 2 fully saturated rings. The molecule has 2 aromatic heterocycles. The van der Waals surface area contributed by atoms with Crippen LogP contribution in [0.4, 0.5) is 28.9 Å². The van der Waals surface area contributed by atoms with E-state index in [1.165, 1.54) is 11.0 Å². The van der Waals surface area contributed by atoms with E-state index in [2.05, 4.69) is 15.2 Å². The lowest BCUT2D eigenvalue weighted by atomic mass is 9.99. The van der Waals surface area contributed by atoms with Crippen LogP contribution in [0.5, 0.6) is 0 Å². The number of morpholine rings is 1. The highest BCUT2D eigenvalue weighted by Gasteiger charge is 2.36. The van der Waals surface area contributed by atoms with Crippen LogP contribution in [-0.2, 0) is 9.53 Å². The van der Waals surface area contributed by atoms with Crippen molar-refractivity contribution in [1.29, 1.82) is 0 Å². The number of anilines is 2. The maximum Gasteiger partial charge on any atom is 0.401 e. The number of nitrogens with zero attached hydrogens (tertiary/aromatic N) is 4. The first-order chi connectivity index (χ1) is 17.2. The average molecular weight is 506 g/mol. The topological polar surface area (TPSA) is 62.1 Å². The molecular weight excluding hydrogens is 478 g/mol. The number of carbonyl (C=O) groups is 1. The van der Waals surface area contributed by atoms with E-state index in [1.54, 1.807) is 19.2 Å². The summed E-state index contributed by atoms with van der Waals surface area (Å²) < 4.78 is 60.3. The van der Waals surface area contributed by atoms with Gasteiger partial charge in [0.1, 0.15) is 5.82 Å². The van der Waals surface area contributed by atoms with Crippen LogP contribution in [0.3, 0.4) is 0 Å². The molecule has 3 aromatic rings. The number of fused-ring (bicyclic) bond motifs is 1. The molecule has 11 heteroatoms. The van der Waals surface area contributed by atoms with E-state index in [0.29, 0.717) is 25.2 Å². The molecule has 1 N–H and O–H groups in total. The minimum absolute atomic E-state index is 0.00789. The summed E-state index contributed by atoms with van der Waals surface area (Å²) in [6.45, 7) is 3.59. The molecule has 0 saturated carbocycles. The van der Waals surface area contributed by atoms with Crippen molar-refractivity contribution in [2.24, 2.45) is 5.92 Å². The van der Waals surface area contributed by atoms with Gasteiger partial charge in [-0.3, -0.25) is 9.69 Å². The number of pyridine rings is 1. The van der Waals surface area contributed by atoms with E-state index < -0.39 is 30.4 Å². The van der Waals surface area contributed by atoms with Crippen LogP contribution in [0.2, 0.25) is 0 Å². The number of likely N-dealkylation sites (tertiary alicyclic amines) is 1. The number of aromatic nitrogens is 2. The van der Waals surface area contributed by atoms with Crippen LogP contribution >= 0.6 is 0 Å². The molecule has 0 bridgehead atoms. The van der Waals surface area contributed by atoms with Crippen molar-refractivity contribution in [3.8, 4) is 11.1 Å². The van der Waals surface area contributed by atoms with Crippen LogP contribution in [-0.4, -0.2) is 72.3 Å². The first-order valence-electron chi connectivity index (χ1n) is 11.9. The second-order valence-electron chi connectivity index (χ2n) is 9.34. The fourth-order valence-electron chi connectivity index (χ4n) is 4.96. The number of aryl methyl sites for hydroxylation is 1. The van der Waals surface area contributed by atoms with Gasteiger partial charge in [-0.2, -0.15) is 13.2 Å². The molecule has 1 aromatic carbocycles. The zero-order valence-corrected chi connectivity index (χ0v) is 19.8. The van der Waals surface area contributed by atoms with Gasteiger partial charge in [0.05, 0.1) is 37.1 Å². The molecule has 36 heavy (non-hydrogen) atoms. The quantitative estimate of drug-likeness (QED) is 0.529. The summed E-state index contributed by atoms with van der Waals surface area (Å²) in [7, 11) is 0. The molecule has 4 heterocycles. The Morgan fingerprint density at radius 2 is 1.97 bits per heavy atom. The zero-order valence-electron chi connectivity index (χ0n) is 19.8. The number of halogens is 4. The number of amides is 1. The van der Waals surface area contributed by atoms with E-state index in [-0.39, 0.29) is 18.8 Å². The van der Waals surface area contributed by atoms with Crippen LogP contribution < -0.4 is 10.2 Å². The van der Waals surface area contributed by atoms with Crippen molar-refractivity contribution in [2.75, 3.05) is 56.2 Å². The van der Waals surface area contributed by atoms with E-state index in [9.17, 15) is 22.4 Å². The number of imidazole rings is 1. The van der Waals surface area contributed by atoms with Crippen LogP contribution in [0, 0.1) is 18.7 Å². The van der Waals surface area contributed by atoms with Crippen LogP contribution in [0.1, 0.15) is 12.0 Å². The van der Waals surface area contributed by atoms with Gasteiger partial charge in [-0.05, 0) is 49.2 Å². The number of rotatable bonds is 5. The van der Waals surface area contributed by atoms with Gasteiger partial charge in [-0.15, -0.1) is 0 Å². The average Bonchev–Trinajstić information content (AvgIpc) is 3.49. The van der Waals surface area contributed by atoms with E-state index in [4.69, 9.17) is 4.74 Å². The summed E-state index contributed by atoms with van der Waals surface area (Å²) in [6, 6.07) is 4.96. The SMILES string of the molecule is Cc1cc(F)c(NC(=O)[C@@H]2CCN(CC(F)(F)F)C2)cc1-c1cc(N2CCOCC2)c2nccn2c1. The molecule has 7 nitrogen and oxygen atoms in total. The Morgan fingerprint density at radius 1 is 1.19 bits per heavy atom. The van der Waals surface area contributed by atoms with Gasteiger partial charge >= 0.3 is 6.18 Å². The zero-order chi connectivity index (χ0) is 25.4. The van der Waals surface area contributed by atoms with Crippen molar-refractivity contribution >= 4 is 22.9 Å². The molecule has 192 valence electrons. The third-order valence-electron chi connectivity index (χ3n) is 6.75. The third kappa shape index (κ3) is 5.17. The van der Waals surface area contributed by atoms with Crippen molar-refractivity contribution in [2.45, 2.75) is 19.5 Å². The largest absolute Gasteiger partial charge is 0.401 e. The summed E-state index contributed by atoms with van der Waals surface area (Å²) in [5.74, 6) is -1.70. The Hall–Kier alpha value is -3.18. The summed E-state index contributed by atoms with van der Waals surface area (Å²) in [5, 5.41) is 2.62. The smallest absolute Gasteiger partial charge is 0.378 e. The highest BCUT2D eigenvalue weighted by atomic mass is 19.4. The summed E-state index contributed by atoms with van der Waals surface area (Å²) in [5.41, 5.74) is 4.00. The lowest BCUT2D eigenvalue weighted by Crippen LogP contribution is -2.36. The minimum atomic E-state index is -4.32. The Labute approximate surface area is 205 Å². The number of hydrogen-bond donors (Lipinski definition) is 1. The highest BCUT2D eigenvalue weighted by molar-refractivity contribution is 5.94. The van der Waals surface area contributed by atoms with Gasteiger partial charge < -0.3 is 19.4 Å². The fraction of sp³-hybridized carbons (Fsp3) is 0.440. The molecule has 5 rings (SSSR count). The number of alkyl halides is 3. The van der Waals surface area contributed by atoms with E-state index in [0.717, 1.165) is 35.6 Å². The van der Waals surface area contributed by atoms with E-state index >= 15 is 0 Å². The predicted molar refractivity (Wildman–Crippen MR) is 128 cm³/mol. The standard InChI is InChI=1S/C25H27F4N5O2/c1-16-10-20(26)21(31-24(35)17-2-4-32(13-17)15-25(27,28)29)12-19(16)18-11-22(33-6-8-36-9-7-33)23-30-3-5-34(23)14-18/h3,5,10-12,14,17H,2,4,6-9,13,15H2,1H3,(H,31,35)/t17-/m1/s1. The van der Waals surface area contributed by atoms with Crippen LogP contribution in [0.15, 0.2) is 36.8 Å². The number of benzene rings is 1. The Morgan fingerprint density at radius 3 is 2.72 bits per heavy atom. The Kier molecular flexibility index (Phi) is 6.60. The normalized spacial score (nSPS) is 19.2. The lowest BCUT2D eigenvalue weighted by molar-refractivity contribution is -0.144. The third-order valence-corrected chi connectivity index (χ3v) is 6.75. The summed E-state index contributed by atoms with van der Waals surface area (Å²) in [4.78, 5) is 20.7. The fourth-order valence-corrected chi connectivity index (χ4v) is 4.96. The molecule has 0 spiro atoms. The van der Waals surface area contributed by atoms with Crippen LogP contribution in [0.25, 0.3) is 16.8 Å². The molecular formula is C25H27F4N5O2. The molecule has 2 aliphatic rings. The summed E-state index contributed by atoms with van der Waals surface area (Å²) in [6.07, 6.45) is 1.44. The number of carbonyl (C=O) groups excluding carboxylic acids is 1.